The molecule has 0 amide bonds. The summed E-state index contributed by atoms with van der Waals surface area (Å²) in [5.74, 6) is 0. The second kappa shape index (κ2) is 6.64. The molecule has 0 heterocycles. The molecular weight excluding hydrogens is 338 g/mol. The summed E-state index contributed by atoms with van der Waals surface area (Å²) in [6.07, 6.45) is 10.8. The maximum absolute atomic E-state index is 12.9. The van der Waals surface area contributed by atoms with Crippen LogP contribution in [-0.2, 0) is 9.84 Å². The lowest BCUT2D eigenvalue weighted by Crippen LogP contribution is -2.22. The van der Waals surface area contributed by atoms with Gasteiger partial charge in [-0.05, 0) is 24.6 Å². The Bertz CT molecular complexity index is 964. The van der Waals surface area contributed by atoms with Crippen LogP contribution in [0.2, 0.25) is 0 Å². The van der Waals surface area contributed by atoms with E-state index in [4.69, 9.17) is 0 Å². The molecule has 0 aliphatic heterocycles. The normalized spacial score (nSPS) is 18.1. The molecule has 0 saturated carbocycles. The van der Waals surface area contributed by atoms with Crippen molar-refractivity contribution < 1.29 is 13.3 Å². The van der Waals surface area contributed by atoms with Gasteiger partial charge in [0.1, 0.15) is 0 Å². The Morgan fingerprint density at radius 3 is 2.44 bits per heavy atom. The highest BCUT2D eigenvalue weighted by Crippen LogP contribution is 2.34. The van der Waals surface area contributed by atoms with E-state index in [0.717, 1.165) is 5.57 Å². The molecule has 2 aliphatic carbocycles. The van der Waals surface area contributed by atoms with Crippen LogP contribution in [0, 0.1) is 10.1 Å². The Morgan fingerprint density at radius 1 is 1.08 bits per heavy atom. The van der Waals surface area contributed by atoms with E-state index in [1.807, 2.05) is 12.2 Å². The van der Waals surface area contributed by atoms with Crippen molar-refractivity contribution >= 4 is 9.84 Å². The van der Waals surface area contributed by atoms with Crippen LogP contribution in [0.3, 0.4) is 0 Å². The third-order valence-electron chi connectivity index (χ3n) is 4.33. The van der Waals surface area contributed by atoms with Crippen molar-refractivity contribution in [2.75, 3.05) is 0 Å². The maximum Gasteiger partial charge on any atom is 0.277 e. The summed E-state index contributed by atoms with van der Waals surface area (Å²) >= 11 is 0. The molecule has 1 aromatic rings. The summed E-state index contributed by atoms with van der Waals surface area (Å²) in [5.41, 5.74) is 1.50. The van der Waals surface area contributed by atoms with Gasteiger partial charge in [-0.25, -0.2) is 8.42 Å². The van der Waals surface area contributed by atoms with Crippen LogP contribution < -0.4 is 0 Å². The second-order valence-electron chi connectivity index (χ2n) is 5.89. The molecule has 25 heavy (non-hydrogen) atoms. The molecule has 6 heteroatoms. The van der Waals surface area contributed by atoms with E-state index in [-0.39, 0.29) is 16.2 Å². The van der Waals surface area contributed by atoms with Crippen molar-refractivity contribution in [3.63, 3.8) is 0 Å². The Hall–Kier alpha value is -2.73. The molecule has 3 rings (SSSR count). The highest BCUT2D eigenvalue weighted by Gasteiger charge is 2.34. The van der Waals surface area contributed by atoms with E-state index in [2.05, 4.69) is 0 Å². The number of nitro groups is 1. The van der Waals surface area contributed by atoms with Crippen LogP contribution in [0.25, 0.3) is 0 Å². The van der Waals surface area contributed by atoms with Crippen LogP contribution in [-0.4, -0.2) is 18.6 Å². The number of rotatable bonds is 4. The lowest BCUT2D eigenvalue weighted by molar-refractivity contribution is -0.422. The third kappa shape index (κ3) is 3.25. The molecule has 128 valence electrons. The molecule has 1 atom stereocenters. The van der Waals surface area contributed by atoms with Crippen molar-refractivity contribution in [3.05, 3.63) is 99.3 Å². The van der Waals surface area contributed by atoms with Gasteiger partial charge in [-0.1, -0.05) is 54.7 Å². The van der Waals surface area contributed by atoms with E-state index >= 15 is 0 Å². The predicted molar refractivity (Wildman–Crippen MR) is 96.2 cm³/mol. The number of nitrogens with zero attached hydrogens (tertiary/aromatic N) is 1. The number of sulfone groups is 1. The average molecular weight is 355 g/mol. The first-order chi connectivity index (χ1) is 11.9. The molecule has 0 aromatic heterocycles. The fourth-order valence-electron chi connectivity index (χ4n) is 2.96. The van der Waals surface area contributed by atoms with E-state index in [1.54, 1.807) is 42.5 Å². The summed E-state index contributed by atoms with van der Waals surface area (Å²) in [4.78, 5) is 11.4. The molecule has 1 unspecified atom stereocenters. The standard InChI is InChI=1S/C19H17NO4S/c1-14(25(23,24)17-9-3-2-4-10-17)18-12-11-15-7-5-6-8-16(13-15)19(18)20(21)22/h2-12,14H,13H2,1H3. The zero-order valence-electron chi connectivity index (χ0n) is 13.6. The van der Waals surface area contributed by atoms with Gasteiger partial charge in [-0.2, -0.15) is 0 Å². The number of hydrogen-bond donors (Lipinski definition) is 0. The largest absolute Gasteiger partial charge is 0.277 e. The van der Waals surface area contributed by atoms with Crippen LogP contribution in [0.5, 0.6) is 0 Å². The summed E-state index contributed by atoms with van der Waals surface area (Å²) in [7, 11) is -3.74. The minimum absolute atomic E-state index is 0.127. The molecular formula is C19H17NO4S. The molecule has 0 spiro atoms. The van der Waals surface area contributed by atoms with Crippen molar-refractivity contribution in [2.45, 2.75) is 23.5 Å². The van der Waals surface area contributed by atoms with Gasteiger partial charge in [0.15, 0.2) is 9.84 Å². The van der Waals surface area contributed by atoms with E-state index < -0.39 is 20.0 Å². The Labute approximate surface area is 146 Å². The van der Waals surface area contributed by atoms with Gasteiger partial charge in [0.2, 0.25) is 0 Å². The topological polar surface area (TPSA) is 77.3 Å². The van der Waals surface area contributed by atoms with Gasteiger partial charge < -0.3 is 0 Å². The van der Waals surface area contributed by atoms with E-state index in [1.165, 1.54) is 19.1 Å². The quantitative estimate of drug-likeness (QED) is 0.608. The van der Waals surface area contributed by atoms with Crippen LogP contribution in [0.4, 0.5) is 0 Å². The number of allylic oxidation sites excluding steroid dienone is 8. The zero-order chi connectivity index (χ0) is 18.0. The van der Waals surface area contributed by atoms with Crippen molar-refractivity contribution in [1.82, 2.24) is 0 Å². The van der Waals surface area contributed by atoms with Crippen LogP contribution >= 0.6 is 0 Å². The lowest BCUT2D eigenvalue weighted by atomic mass is 10.0. The molecule has 0 fully saturated rings. The van der Waals surface area contributed by atoms with Gasteiger partial charge in [0, 0.05) is 17.6 Å². The fraction of sp³-hybridized carbons (Fsp3) is 0.158. The first-order valence-corrected chi connectivity index (χ1v) is 9.38. The smallest absolute Gasteiger partial charge is 0.258 e. The number of hydrogen-bond acceptors (Lipinski definition) is 4. The Kier molecular flexibility index (Phi) is 4.55. The van der Waals surface area contributed by atoms with E-state index in [9.17, 15) is 18.5 Å². The second-order valence-corrected chi connectivity index (χ2v) is 8.16. The van der Waals surface area contributed by atoms with Crippen molar-refractivity contribution in [2.24, 2.45) is 0 Å². The molecule has 0 saturated heterocycles. The SMILES string of the molecule is CC(C1=C([N+](=O)[O-])C2=CC=CC=C(C=C1)C2)S(=O)(=O)c1ccccc1. The van der Waals surface area contributed by atoms with E-state index in [0.29, 0.717) is 12.0 Å². The first kappa shape index (κ1) is 17.1. The average Bonchev–Trinajstić information content (AvgIpc) is 2.94. The van der Waals surface area contributed by atoms with Gasteiger partial charge >= 0.3 is 0 Å². The molecule has 2 bridgehead atoms. The van der Waals surface area contributed by atoms with Crippen LogP contribution in [0.1, 0.15) is 13.3 Å². The van der Waals surface area contributed by atoms with Gasteiger partial charge in [0.25, 0.3) is 5.70 Å². The minimum Gasteiger partial charge on any atom is -0.258 e. The van der Waals surface area contributed by atoms with Gasteiger partial charge in [-0.3, -0.25) is 10.1 Å². The Balaban J connectivity index is 2.18. The highest BCUT2D eigenvalue weighted by molar-refractivity contribution is 7.92. The van der Waals surface area contributed by atoms with Gasteiger partial charge in [-0.15, -0.1) is 0 Å². The summed E-state index contributed by atoms with van der Waals surface area (Å²) < 4.78 is 25.9. The van der Waals surface area contributed by atoms with Crippen LogP contribution in [0.15, 0.2) is 94.1 Å². The molecule has 0 radical (unpaired) electrons. The fourth-order valence-corrected chi connectivity index (χ4v) is 4.43. The van der Waals surface area contributed by atoms with Crippen molar-refractivity contribution in [1.29, 1.82) is 0 Å². The summed E-state index contributed by atoms with van der Waals surface area (Å²) in [6.45, 7) is 1.50. The maximum atomic E-state index is 12.9. The number of fused-ring (bicyclic) bond motifs is 2. The summed E-state index contributed by atoms with van der Waals surface area (Å²) in [5, 5.41) is 10.7. The first-order valence-electron chi connectivity index (χ1n) is 7.83. The third-order valence-corrected chi connectivity index (χ3v) is 6.44. The lowest BCUT2D eigenvalue weighted by Gasteiger charge is -2.15. The predicted octanol–water partition coefficient (Wildman–Crippen LogP) is 3.76. The molecule has 2 aliphatic rings. The monoisotopic (exact) mass is 355 g/mol. The highest BCUT2D eigenvalue weighted by atomic mass is 32.2. The molecule has 5 nitrogen and oxygen atoms in total. The Morgan fingerprint density at radius 2 is 1.76 bits per heavy atom. The summed E-state index contributed by atoms with van der Waals surface area (Å²) in [6, 6.07) is 8.02. The minimum atomic E-state index is -3.74. The van der Waals surface area contributed by atoms with Gasteiger partial charge in [0.05, 0.1) is 15.1 Å². The number of benzene rings is 1. The molecule has 1 aromatic carbocycles. The molecule has 0 N–H and O–H groups in total. The zero-order valence-corrected chi connectivity index (χ0v) is 14.4. The van der Waals surface area contributed by atoms with Crippen molar-refractivity contribution in [3.8, 4) is 0 Å².